The zero-order valence-corrected chi connectivity index (χ0v) is 16.8. The van der Waals surface area contributed by atoms with Crippen LogP contribution in [-0.4, -0.2) is 58.3 Å². The van der Waals surface area contributed by atoms with Crippen molar-refractivity contribution < 1.29 is 0 Å². The van der Waals surface area contributed by atoms with Crippen molar-refractivity contribution >= 4 is 39.7 Å². The van der Waals surface area contributed by atoms with Crippen LogP contribution in [0.3, 0.4) is 0 Å². The Kier molecular flexibility index (Phi) is 4.90. The third kappa shape index (κ3) is 4.04. The lowest BCUT2D eigenvalue weighted by Gasteiger charge is -2.34. The fourth-order valence-electron chi connectivity index (χ4n) is 3.63. The van der Waals surface area contributed by atoms with Crippen LogP contribution in [0.25, 0.3) is 10.9 Å². The molecule has 152 valence electrons. The highest BCUT2D eigenvalue weighted by Gasteiger charge is 2.14. The molecule has 0 spiro atoms. The van der Waals surface area contributed by atoms with Gasteiger partial charge in [0.2, 0.25) is 5.95 Å². The monoisotopic (exact) mass is 400 g/mol. The fraction of sp³-hybridized carbons (Fsp3) is 0.227. The average Bonchev–Trinajstić information content (AvgIpc) is 3.23. The first-order chi connectivity index (χ1) is 14.7. The second-order valence-corrected chi connectivity index (χ2v) is 7.53. The van der Waals surface area contributed by atoms with E-state index in [-0.39, 0.29) is 0 Å². The molecule has 0 saturated carbocycles. The van der Waals surface area contributed by atoms with Gasteiger partial charge >= 0.3 is 0 Å². The largest absolute Gasteiger partial charge is 0.369 e. The van der Waals surface area contributed by atoms with Crippen LogP contribution >= 0.6 is 0 Å². The third-order valence-electron chi connectivity index (χ3n) is 5.34. The predicted molar refractivity (Wildman–Crippen MR) is 121 cm³/mol. The van der Waals surface area contributed by atoms with Crippen LogP contribution in [0.1, 0.15) is 0 Å². The molecule has 0 unspecified atom stereocenters. The molecule has 5 rings (SSSR count). The molecule has 0 bridgehead atoms. The first-order valence-electron chi connectivity index (χ1n) is 10.1. The Morgan fingerprint density at radius 1 is 0.933 bits per heavy atom. The number of aromatic nitrogens is 4. The van der Waals surface area contributed by atoms with Crippen molar-refractivity contribution in [1.82, 2.24) is 25.1 Å². The van der Waals surface area contributed by atoms with Gasteiger partial charge in [0.05, 0.1) is 11.7 Å². The standard InChI is InChI=1S/C22H24N8/c1-29-9-11-30(12-10-29)19-4-2-3-17(13-19)26-22-23-8-7-21(27-22)25-18-6-5-16-15-24-28-20(16)14-18/h2-8,13-15H,9-12H2,1H3,(H,24,28)(H2,23,25,26,27). The molecule has 30 heavy (non-hydrogen) atoms. The number of piperazine rings is 1. The minimum atomic E-state index is 0.554. The number of fused-ring (bicyclic) bond motifs is 1. The second-order valence-electron chi connectivity index (χ2n) is 7.53. The van der Waals surface area contributed by atoms with Crippen LogP contribution < -0.4 is 15.5 Å². The summed E-state index contributed by atoms with van der Waals surface area (Å²) in [4.78, 5) is 13.7. The van der Waals surface area contributed by atoms with Crippen molar-refractivity contribution in [2.24, 2.45) is 0 Å². The van der Waals surface area contributed by atoms with Crippen LogP contribution in [-0.2, 0) is 0 Å². The molecule has 0 atom stereocenters. The van der Waals surface area contributed by atoms with E-state index in [0.717, 1.165) is 54.3 Å². The molecular formula is C22H24N8. The van der Waals surface area contributed by atoms with E-state index in [4.69, 9.17) is 0 Å². The lowest BCUT2D eigenvalue weighted by atomic mass is 10.2. The van der Waals surface area contributed by atoms with Gasteiger partial charge in [0.15, 0.2) is 0 Å². The Morgan fingerprint density at radius 3 is 2.70 bits per heavy atom. The summed E-state index contributed by atoms with van der Waals surface area (Å²) in [5, 5.41) is 14.8. The molecule has 3 heterocycles. The van der Waals surface area contributed by atoms with Gasteiger partial charge in [-0.2, -0.15) is 10.1 Å². The molecule has 2 aromatic carbocycles. The van der Waals surface area contributed by atoms with E-state index in [0.29, 0.717) is 5.95 Å². The van der Waals surface area contributed by atoms with E-state index in [9.17, 15) is 0 Å². The number of aromatic amines is 1. The van der Waals surface area contributed by atoms with E-state index in [1.165, 1.54) is 5.69 Å². The van der Waals surface area contributed by atoms with Gasteiger partial charge in [-0.05, 0) is 49.5 Å². The summed E-state index contributed by atoms with van der Waals surface area (Å²) in [7, 11) is 2.17. The summed E-state index contributed by atoms with van der Waals surface area (Å²) in [6.07, 6.45) is 3.55. The molecule has 0 aliphatic carbocycles. The topological polar surface area (TPSA) is 85.0 Å². The normalized spacial score (nSPS) is 14.8. The third-order valence-corrected chi connectivity index (χ3v) is 5.34. The van der Waals surface area contributed by atoms with Crippen LogP contribution in [0.2, 0.25) is 0 Å². The molecule has 0 radical (unpaired) electrons. The summed E-state index contributed by atoms with van der Waals surface area (Å²) in [5.74, 6) is 1.28. The maximum Gasteiger partial charge on any atom is 0.229 e. The molecule has 1 fully saturated rings. The van der Waals surface area contributed by atoms with Crippen molar-refractivity contribution in [2.75, 3.05) is 48.8 Å². The summed E-state index contributed by atoms with van der Waals surface area (Å²) >= 11 is 0. The zero-order valence-electron chi connectivity index (χ0n) is 16.8. The van der Waals surface area contributed by atoms with Crippen LogP contribution in [0.4, 0.5) is 28.8 Å². The fourth-order valence-corrected chi connectivity index (χ4v) is 3.63. The number of hydrogen-bond acceptors (Lipinski definition) is 7. The molecule has 1 aliphatic heterocycles. The van der Waals surface area contributed by atoms with Crippen molar-refractivity contribution in [2.45, 2.75) is 0 Å². The number of likely N-dealkylation sites (N-methyl/N-ethyl adjacent to an activating group) is 1. The maximum absolute atomic E-state index is 4.60. The highest BCUT2D eigenvalue weighted by Crippen LogP contribution is 2.24. The molecule has 8 nitrogen and oxygen atoms in total. The summed E-state index contributed by atoms with van der Waals surface area (Å²) in [6, 6.07) is 16.3. The highest BCUT2D eigenvalue weighted by atomic mass is 15.2. The van der Waals surface area contributed by atoms with Crippen molar-refractivity contribution in [3.05, 3.63) is 60.9 Å². The molecule has 1 aliphatic rings. The number of anilines is 5. The van der Waals surface area contributed by atoms with E-state index in [1.54, 1.807) is 6.20 Å². The van der Waals surface area contributed by atoms with Crippen molar-refractivity contribution in [3.8, 4) is 0 Å². The zero-order chi connectivity index (χ0) is 20.3. The second kappa shape index (κ2) is 8.00. The summed E-state index contributed by atoms with van der Waals surface area (Å²) in [6.45, 7) is 4.24. The van der Waals surface area contributed by atoms with Gasteiger partial charge in [0, 0.05) is 54.8 Å². The Hall–Kier alpha value is -3.65. The maximum atomic E-state index is 4.60. The van der Waals surface area contributed by atoms with Gasteiger partial charge in [-0.15, -0.1) is 0 Å². The summed E-state index contributed by atoms with van der Waals surface area (Å²) < 4.78 is 0. The predicted octanol–water partition coefficient (Wildman–Crippen LogP) is 3.59. The Labute approximate surface area is 175 Å². The number of H-pyrrole nitrogens is 1. The number of rotatable bonds is 5. The van der Waals surface area contributed by atoms with E-state index in [2.05, 4.69) is 65.8 Å². The smallest absolute Gasteiger partial charge is 0.229 e. The van der Waals surface area contributed by atoms with Gasteiger partial charge < -0.3 is 20.4 Å². The van der Waals surface area contributed by atoms with Crippen LogP contribution in [0.15, 0.2) is 60.9 Å². The first kappa shape index (κ1) is 18.4. The molecule has 3 N–H and O–H groups in total. The minimum Gasteiger partial charge on any atom is -0.369 e. The average molecular weight is 400 g/mol. The lowest BCUT2D eigenvalue weighted by Crippen LogP contribution is -2.44. The summed E-state index contributed by atoms with van der Waals surface area (Å²) in [5.41, 5.74) is 4.11. The quantitative estimate of drug-likeness (QED) is 0.472. The van der Waals surface area contributed by atoms with Crippen molar-refractivity contribution in [3.63, 3.8) is 0 Å². The van der Waals surface area contributed by atoms with E-state index in [1.807, 2.05) is 36.5 Å². The number of benzene rings is 2. The van der Waals surface area contributed by atoms with Gasteiger partial charge in [0.1, 0.15) is 5.82 Å². The minimum absolute atomic E-state index is 0.554. The number of nitrogens with one attached hydrogen (secondary N) is 3. The molecule has 8 heteroatoms. The first-order valence-corrected chi connectivity index (χ1v) is 10.1. The molecule has 0 amide bonds. The lowest BCUT2D eigenvalue weighted by molar-refractivity contribution is 0.313. The molecule has 1 saturated heterocycles. The highest BCUT2D eigenvalue weighted by molar-refractivity contribution is 5.82. The SMILES string of the molecule is CN1CCN(c2cccc(Nc3nccc(Nc4ccc5cn[nH]c5c4)n3)c2)CC1. The van der Waals surface area contributed by atoms with Gasteiger partial charge in [-0.3, -0.25) is 5.10 Å². The van der Waals surface area contributed by atoms with Gasteiger partial charge in [-0.25, -0.2) is 4.98 Å². The molecular weight excluding hydrogens is 376 g/mol. The van der Waals surface area contributed by atoms with Crippen LogP contribution in [0.5, 0.6) is 0 Å². The Balaban J connectivity index is 1.30. The van der Waals surface area contributed by atoms with E-state index >= 15 is 0 Å². The van der Waals surface area contributed by atoms with Gasteiger partial charge in [-0.1, -0.05) is 6.07 Å². The number of hydrogen-bond donors (Lipinski definition) is 3. The Morgan fingerprint density at radius 2 is 1.80 bits per heavy atom. The van der Waals surface area contributed by atoms with Gasteiger partial charge in [0.25, 0.3) is 0 Å². The molecule has 2 aromatic heterocycles. The molecule has 4 aromatic rings. The Bertz CT molecular complexity index is 1150. The van der Waals surface area contributed by atoms with Crippen molar-refractivity contribution in [1.29, 1.82) is 0 Å². The van der Waals surface area contributed by atoms with Crippen LogP contribution in [0, 0.1) is 0 Å². The van der Waals surface area contributed by atoms with E-state index < -0.39 is 0 Å². The number of nitrogens with zero attached hydrogens (tertiary/aromatic N) is 5.